The summed E-state index contributed by atoms with van der Waals surface area (Å²) in [5.74, 6) is 0. The van der Waals surface area contributed by atoms with E-state index >= 15 is 0 Å². The number of urea groups is 1. The third-order valence-corrected chi connectivity index (χ3v) is 2.02. The number of fused-ring (bicyclic) bond motifs is 1. The fourth-order valence-corrected chi connectivity index (χ4v) is 1.46. The van der Waals surface area contributed by atoms with Crippen molar-refractivity contribution >= 4 is 11.7 Å². The first-order valence-corrected chi connectivity index (χ1v) is 4.05. The largest absolute Gasteiger partial charge is 0.350 e. The number of nitrogens with two attached hydrogens (primary N) is 1. The number of nitrogens with one attached hydrogen (secondary N) is 1. The minimum absolute atomic E-state index is 0.627. The summed E-state index contributed by atoms with van der Waals surface area (Å²) < 4.78 is 2.08. The molecule has 1 aromatic rings. The normalized spacial score (nSPS) is 17.4. The van der Waals surface area contributed by atoms with Gasteiger partial charge in [0.1, 0.15) is 0 Å². The minimum Gasteiger partial charge on any atom is -0.350 e. The molecule has 1 aliphatic rings. The Hall–Kier alpha value is -1.78. The van der Waals surface area contributed by atoms with Gasteiger partial charge in [-0.05, 0) is 12.1 Å². The van der Waals surface area contributed by atoms with E-state index in [-0.39, 0.29) is 0 Å². The molecule has 0 saturated carbocycles. The van der Waals surface area contributed by atoms with Gasteiger partial charge in [-0.1, -0.05) is 0 Å². The Balaban J connectivity index is 2.20. The lowest BCUT2D eigenvalue weighted by atomic mass is 10.2. The van der Waals surface area contributed by atoms with Crippen LogP contribution >= 0.6 is 0 Å². The lowest BCUT2D eigenvalue weighted by Crippen LogP contribution is -2.25. The molecule has 1 aliphatic heterocycles. The van der Waals surface area contributed by atoms with Gasteiger partial charge in [-0.25, -0.2) is 10.2 Å². The van der Waals surface area contributed by atoms with Crippen molar-refractivity contribution in [2.45, 2.75) is 13.0 Å². The molecule has 2 heterocycles. The van der Waals surface area contributed by atoms with Crippen LogP contribution in [0, 0.1) is 0 Å². The van der Waals surface area contributed by atoms with E-state index in [1.807, 2.05) is 18.3 Å². The Bertz CT molecular complexity index is 366. The van der Waals surface area contributed by atoms with Crippen molar-refractivity contribution in [3.05, 3.63) is 24.0 Å². The van der Waals surface area contributed by atoms with Gasteiger partial charge in [0.25, 0.3) is 0 Å². The number of hydrazone groups is 1. The summed E-state index contributed by atoms with van der Waals surface area (Å²) in [5.41, 5.74) is 9.06. The van der Waals surface area contributed by atoms with Crippen LogP contribution in [0.3, 0.4) is 0 Å². The fourth-order valence-electron chi connectivity index (χ4n) is 1.46. The second kappa shape index (κ2) is 2.93. The highest BCUT2D eigenvalue weighted by molar-refractivity contribution is 6.01. The third kappa shape index (κ3) is 1.40. The Kier molecular flexibility index (Phi) is 1.77. The van der Waals surface area contributed by atoms with E-state index in [2.05, 4.69) is 15.1 Å². The first-order valence-electron chi connectivity index (χ1n) is 4.05. The number of carbonyl (C=O) groups excluding carboxylic acids is 1. The second-order valence-electron chi connectivity index (χ2n) is 2.87. The predicted molar refractivity (Wildman–Crippen MR) is 48.3 cm³/mol. The van der Waals surface area contributed by atoms with Gasteiger partial charge in [0.15, 0.2) is 0 Å². The highest BCUT2D eigenvalue weighted by atomic mass is 16.2. The predicted octanol–water partition coefficient (Wildman–Crippen LogP) is 0.264. The zero-order valence-corrected chi connectivity index (χ0v) is 7.03. The average Bonchev–Trinajstić information content (AvgIpc) is 2.60. The summed E-state index contributed by atoms with van der Waals surface area (Å²) in [5, 5.41) is 3.91. The van der Waals surface area contributed by atoms with Gasteiger partial charge in [-0.3, -0.25) is 0 Å². The van der Waals surface area contributed by atoms with Crippen LogP contribution in [-0.4, -0.2) is 16.3 Å². The minimum atomic E-state index is -0.627. The monoisotopic (exact) mass is 178 g/mol. The zero-order valence-electron chi connectivity index (χ0n) is 7.03. The topological polar surface area (TPSA) is 72.4 Å². The van der Waals surface area contributed by atoms with E-state index in [0.29, 0.717) is 0 Å². The Morgan fingerprint density at radius 2 is 2.54 bits per heavy atom. The number of aromatic nitrogens is 1. The SMILES string of the molecule is NC(=O)N/N=C1\CCn2cccc21. The Morgan fingerprint density at radius 1 is 1.69 bits per heavy atom. The smallest absolute Gasteiger partial charge is 0.332 e. The first kappa shape index (κ1) is 7.85. The standard InChI is InChI=1S/C8H10N4O/c9-8(13)11-10-6-3-5-12-4-1-2-7(6)12/h1-2,4H,3,5H2,(H3,9,11,13)/b10-6+. The van der Waals surface area contributed by atoms with Gasteiger partial charge >= 0.3 is 6.03 Å². The van der Waals surface area contributed by atoms with E-state index in [0.717, 1.165) is 24.4 Å². The molecule has 2 rings (SSSR count). The maximum Gasteiger partial charge on any atom is 0.332 e. The number of amides is 2. The van der Waals surface area contributed by atoms with Crippen LogP contribution in [0.1, 0.15) is 12.1 Å². The van der Waals surface area contributed by atoms with Crippen molar-refractivity contribution in [1.82, 2.24) is 9.99 Å². The van der Waals surface area contributed by atoms with Crippen LogP contribution in [0.5, 0.6) is 0 Å². The second-order valence-corrected chi connectivity index (χ2v) is 2.87. The lowest BCUT2D eigenvalue weighted by molar-refractivity contribution is 0.249. The quantitative estimate of drug-likeness (QED) is 0.595. The molecule has 0 saturated heterocycles. The molecule has 1 aromatic heterocycles. The van der Waals surface area contributed by atoms with Crippen LogP contribution < -0.4 is 11.2 Å². The van der Waals surface area contributed by atoms with Crippen molar-refractivity contribution in [1.29, 1.82) is 0 Å². The summed E-state index contributed by atoms with van der Waals surface area (Å²) in [6, 6.07) is 3.29. The molecule has 0 radical (unpaired) electrons. The molecule has 5 nitrogen and oxygen atoms in total. The molecule has 0 aromatic carbocycles. The number of hydrogen-bond acceptors (Lipinski definition) is 2. The molecule has 13 heavy (non-hydrogen) atoms. The van der Waals surface area contributed by atoms with Gasteiger partial charge in [0.05, 0.1) is 11.4 Å². The molecule has 3 N–H and O–H groups in total. The highest BCUT2D eigenvalue weighted by Crippen LogP contribution is 2.15. The van der Waals surface area contributed by atoms with Crippen molar-refractivity contribution < 1.29 is 4.79 Å². The number of rotatable bonds is 1. The van der Waals surface area contributed by atoms with Crippen molar-refractivity contribution in [2.24, 2.45) is 10.8 Å². The van der Waals surface area contributed by atoms with E-state index in [1.165, 1.54) is 0 Å². The van der Waals surface area contributed by atoms with Crippen LogP contribution in [0.25, 0.3) is 0 Å². The number of primary amides is 1. The number of carbonyl (C=O) groups is 1. The number of hydrogen-bond donors (Lipinski definition) is 2. The summed E-state index contributed by atoms with van der Waals surface area (Å²) in [7, 11) is 0. The van der Waals surface area contributed by atoms with Gasteiger partial charge in [0, 0.05) is 19.2 Å². The molecule has 5 heteroatoms. The molecular formula is C8H10N4O. The Morgan fingerprint density at radius 3 is 3.31 bits per heavy atom. The van der Waals surface area contributed by atoms with Crippen molar-refractivity contribution in [3.63, 3.8) is 0 Å². The summed E-state index contributed by atoms with van der Waals surface area (Å²) in [4.78, 5) is 10.4. The molecule has 0 unspecified atom stereocenters. The maximum atomic E-state index is 10.4. The third-order valence-electron chi connectivity index (χ3n) is 2.02. The van der Waals surface area contributed by atoms with Crippen LogP contribution in [0.15, 0.2) is 23.4 Å². The van der Waals surface area contributed by atoms with Gasteiger partial charge in [-0.15, -0.1) is 0 Å². The maximum absolute atomic E-state index is 10.4. The molecule has 0 bridgehead atoms. The summed E-state index contributed by atoms with van der Waals surface area (Å²) in [6.45, 7) is 0.918. The first-order chi connectivity index (χ1) is 6.27. The molecule has 2 amide bonds. The van der Waals surface area contributed by atoms with E-state index < -0.39 is 6.03 Å². The molecule has 0 fully saturated rings. The molecule has 68 valence electrons. The molecule has 0 spiro atoms. The van der Waals surface area contributed by atoms with E-state index in [9.17, 15) is 4.79 Å². The van der Waals surface area contributed by atoms with E-state index in [1.54, 1.807) is 0 Å². The van der Waals surface area contributed by atoms with Crippen molar-refractivity contribution in [2.75, 3.05) is 0 Å². The Labute approximate surface area is 75.2 Å². The molecular weight excluding hydrogens is 168 g/mol. The highest BCUT2D eigenvalue weighted by Gasteiger charge is 2.16. The number of nitrogens with zero attached hydrogens (tertiary/aromatic N) is 2. The van der Waals surface area contributed by atoms with Gasteiger partial charge < -0.3 is 10.3 Å². The zero-order chi connectivity index (χ0) is 9.26. The van der Waals surface area contributed by atoms with Crippen molar-refractivity contribution in [3.8, 4) is 0 Å². The van der Waals surface area contributed by atoms with Crippen LogP contribution in [0.2, 0.25) is 0 Å². The number of aryl methyl sites for hydroxylation is 1. The van der Waals surface area contributed by atoms with Crippen LogP contribution in [-0.2, 0) is 6.54 Å². The summed E-state index contributed by atoms with van der Waals surface area (Å²) >= 11 is 0. The van der Waals surface area contributed by atoms with Crippen LogP contribution in [0.4, 0.5) is 4.79 Å². The average molecular weight is 178 g/mol. The van der Waals surface area contributed by atoms with Gasteiger partial charge in [-0.2, -0.15) is 5.10 Å². The molecule has 0 atom stereocenters. The fraction of sp³-hybridized carbons (Fsp3) is 0.250. The lowest BCUT2D eigenvalue weighted by Gasteiger charge is -1.95. The molecule has 0 aliphatic carbocycles. The van der Waals surface area contributed by atoms with E-state index in [4.69, 9.17) is 5.73 Å². The van der Waals surface area contributed by atoms with Gasteiger partial charge in [0.2, 0.25) is 0 Å². The summed E-state index contributed by atoms with van der Waals surface area (Å²) in [6.07, 6.45) is 2.83.